The smallest absolute Gasteiger partial charge is 0.321 e. The molecule has 0 aromatic heterocycles. The summed E-state index contributed by atoms with van der Waals surface area (Å²) in [6, 6.07) is -0.433. The lowest BCUT2D eigenvalue weighted by Gasteiger charge is -2.23. The molecular weight excluding hydrogens is 354 g/mol. The molecule has 1 saturated carbocycles. The molecule has 0 aromatic carbocycles. The maximum Gasteiger partial charge on any atom is 0.321 e. The third kappa shape index (κ3) is 5.86. The Kier molecular flexibility index (Phi) is 6.86. The van der Waals surface area contributed by atoms with E-state index >= 15 is 0 Å². The summed E-state index contributed by atoms with van der Waals surface area (Å²) in [6.07, 6.45) is 6.58. The van der Waals surface area contributed by atoms with Crippen molar-refractivity contribution < 1.29 is 19.2 Å². The van der Waals surface area contributed by atoms with Gasteiger partial charge in [-0.2, -0.15) is 0 Å². The van der Waals surface area contributed by atoms with Crippen molar-refractivity contribution in [3.8, 4) is 0 Å². The molecule has 7 nitrogen and oxygen atoms in total. The van der Waals surface area contributed by atoms with E-state index in [1.54, 1.807) is 20.8 Å². The summed E-state index contributed by atoms with van der Waals surface area (Å²) < 4.78 is 0. The van der Waals surface area contributed by atoms with Crippen LogP contribution in [0.2, 0.25) is 0 Å². The van der Waals surface area contributed by atoms with Crippen molar-refractivity contribution in [2.75, 3.05) is 12.3 Å². The number of urea groups is 1. The number of hydrogen-bond acceptors (Lipinski definition) is 5. The Bertz CT molecular complexity index is 618. The molecule has 1 heterocycles. The van der Waals surface area contributed by atoms with Gasteiger partial charge in [0.05, 0.1) is 10.8 Å². The van der Waals surface area contributed by atoms with Crippen LogP contribution in [0.1, 0.15) is 52.9 Å². The number of amides is 4. The standard InChI is InChI=1S/C18H27N3O4S/c1-18(2,3)13(22)9-16-21(15(24)11-26-16)10-14(23)20-17(25)19-12-7-5-4-6-8-12/h9,12H,4-8,10-11H2,1-3H3,(H2,19,20,23,25)/b16-9-. The van der Waals surface area contributed by atoms with Crippen molar-refractivity contribution in [3.63, 3.8) is 0 Å². The van der Waals surface area contributed by atoms with Crippen LogP contribution in [0.15, 0.2) is 11.1 Å². The lowest BCUT2D eigenvalue weighted by Crippen LogP contribution is -2.48. The maximum absolute atomic E-state index is 12.2. The third-order valence-electron chi connectivity index (χ3n) is 4.40. The van der Waals surface area contributed by atoms with Crippen LogP contribution in [0, 0.1) is 5.41 Å². The van der Waals surface area contributed by atoms with Gasteiger partial charge in [0.25, 0.3) is 0 Å². The third-order valence-corrected chi connectivity index (χ3v) is 5.42. The fraction of sp³-hybridized carbons (Fsp3) is 0.667. The molecule has 1 aliphatic carbocycles. The van der Waals surface area contributed by atoms with E-state index in [2.05, 4.69) is 10.6 Å². The summed E-state index contributed by atoms with van der Waals surface area (Å²) in [5.41, 5.74) is -0.562. The van der Waals surface area contributed by atoms with E-state index in [1.807, 2.05) is 0 Å². The van der Waals surface area contributed by atoms with E-state index in [0.29, 0.717) is 5.03 Å². The molecular formula is C18H27N3O4S. The van der Waals surface area contributed by atoms with Crippen molar-refractivity contribution in [2.24, 2.45) is 5.41 Å². The molecule has 2 aliphatic rings. The van der Waals surface area contributed by atoms with E-state index in [4.69, 9.17) is 0 Å². The van der Waals surface area contributed by atoms with Gasteiger partial charge in [-0.15, -0.1) is 0 Å². The summed E-state index contributed by atoms with van der Waals surface area (Å²) in [7, 11) is 0. The fourth-order valence-corrected chi connectivity index (χ4v) is 3.75. The zero-order chi connectivity index (χ0) is 19.3. The topological polar surface area (TPSA) is 95.6 Å². The number of carbonyl (C=O) groups is 4. The summed E-state index contributed by atoms with van der Waals surface area (Å²) in [6.45, 7) is 5.11. The first-order valence-corrected chi connectivity index (χ1v) is 9.95. The molecule has 1 saturated heterocycles. The zero-order valence-corrected chi connectivity index (χ0v) is 16.4. The molecule has 2 N–H and O–H groups in total. The van der Waals surface area contributed by atoms with E-state index in [9.17, 15) is 19.2 Å². The SMILES string of the molecule is CC(C)(C)C(=O)/C=C1\SCC(=O)N1CC(=O)NC(=O)NC1CCCCC1. The highest BCUT2D eigenvalue weighted by Crippen LogP contribution is 2.30. The Morgan fingerprint density at radius 1 is 1.19 bits per heavy atom. The lowest BCUT2D eigenvalue weighted by molar-refractivity contribution is -0.130. The van der Waals surface area contributed by atoms with Gasteiger partial charge in [0, 0.05) is 17.5 Å². The van der Waals surface area contributed by atoms with Crippen molar-refractivity contribution in [1.82, 2.24) is 15.5 Å². The van der Waals surface area contributed by atoms with Crippen molar-refractivity contribution in [1.29, 1.82) is 0 Å². The van der Waals surface area contributed by atoms with Gasteiger partial charge in [0.15, 0.2) is 5.78 Å². The number of nitrogens with one attached hydrogen (secondary N) is 2. The van der Waals surface area contributed by atoms with Crippen LogP contribution in [0.25, 0.3) is 0 Å². The Labute approximate surface area is 158 Å². The molecule has 1 aliphatic heterocycles. The fourth-order valence-electron chi connectivity index (χ4n) is 2.81. The molecule has 144 valence electrons. The molecule has 2 fully saturated rings. The highest BCUT2D eigenvalue weighted by atomic mass is 32.2. The predicted octanol–water partition coefficient (Wildman–Crippen LogP) is 2.18. The van der Waals surface area contributed by atoms with Gasteiger partial charge in [-0.1, -0.05) is 51.8 Å². The second kappa shape index (κ2) is 8.70. The number of nitrogens with zero attached hydrogens (tertiary/aromatic N) is 1. The molecule has 4 amide bonds. The first kappa shape index (κ1) is 20.5. The lowest BCUT2D eigenvalue weighted by atomic mass is 9.91. The van der Waals surface area contributed by atoms with Gasteiger partial charge < -0.3 is 5.32 Å². The average molecular weight is 381 g/mol. The minimum Gasteiger partial charge on any atom is -0.335 e. The minimum absolute atomic E-state index is 0.0976. The average Bonchev–Trinajstić information content (AvgIpc) is 2.87. The van der Waals surface area contributed by atoms with Crippen LogP contribution in [0.4, 0.5) is 4.79 Å². The molecule has 8 heteroatoms. The molecule has 0 aromatic rings. The van der Waals surface area contributed by atoms with E-state index in [0.717, 1.165) is 25.7 Å². The number of carbonyl (C=O) groups excluding carboxylic acids is 4. The molecule has 26 heavy (non-hydrogen) atoms. The van der Waals surface area contributed by atoms with Gasteiger partial charge in [-0.25, -0.2) is 4.79 Å². The number of imide groups is 1. The maximum atomic E-state index is 12.2. The van der Waals surface area contributed by atoms with Crippen molar-refractivity contribution in [3.05, 3.63) is 11.1 Å². The van der Waals surface area contributed by atoms with Gasteiger partial charge >= 0.3 is 6.03 Å². The van der Waals surface area contributed by atoms with Crippen LogP contribution >= 0.6 is 11.8 Å². The van der Waals surface area contributed by atoms with Gasteiger partial charge in [-0.3, -0.25) is 24.6 Å². The molecule has 0 spiro atoms. The molecule has 0 unspecified atom stereocenters. The molecule has 0 radical (unpaired) electrons. The highest BCUT2D eigenvalue weighted by Gasteiger charge is 2.31. The van der Waals surface area contributed by atoms with E-state index in [-0.39, 0.29) is 30.0 Å². The van der Waals surface area contributed by atoms with Crippen LogP contribution in [-0.2, 0) is 14.4 Å². The Morgan fingerprint density at radius 2 is 1.85 bits per heavy atom. The van der Waals surface area contributed by atoms with Gasteiger partial charge in [0.2, 0.25) is 11.8 Å². The highest BCUT2D eigenvalue weighted by molar-refractivity contribution is 8.04. The summed E-state index contributed by atoms with van der Waals surface area (Å²) in [4.78, 5) is 49.5. The quantitative estimate of drug-likeness (QED) is 0.728. The number of allylic oxidation sites excluding steroid dienone is 1. The van der Waals surface area contributed by atoms with Crippen LogP contribution in [-0.4, -0.2) is 46.9 Å². The van der Waals surface area contributed by atoms with Crippen molar-refractivity contribution >= 4 is 35.4 Å². The Balaban J connectivity index is 1.91. The number of ketones is 1. The molecule has 0 atom stereocenters. The van der Waals surface area contributed by atoms with Crippen LogP contribution < -0.4 is 10.6 Å². The summed E-state index contributed by atoms with van der Waals surface area (Å²) in [5, 5.41) is 5.53. The second-order valence-corrected chi connectivity index (χ2v) is 8.72. The van der Waals surface area contributed by atoms with E-state index in [1.165, 1.54) is 29.2 Å². The summed E-state index contributed by atoms with van der Waals surface area (Å²) >= 11 is 1.23. The first-order chi connectivity index (χ1) is 12.2. The van der Waals surface area contributed by atoms with Gasteiger partial charge in [0.1, 0.15) is 6.54 Å². The Hall–Kier alpha value is -1.83. The largest absolute Gasteiger partial charge is 0.335 e. The monoisotopic (exact) mass is 381 g/mol. The van der Waals surface area contributed by atoms with Crippen molar-refractivity contribution in [2.45, 2.75) is 58.9 Å². The van der Waals surface area contributed by atoms with Crippen LogP contribution in [0.3, 0.4) is 0 Å². The normalized spacial score (nSPS) is 20.3. The molecule has 0 bridgehead atoms. The second-order valence-electron chi connectivity index (χ2n) is 7.72. The number of rotatable bonds is 4. The minimum atomic E-state index is -0.566. The Morgan fingerprint density at radius 3 is 2.46 bits per heavy atom. The first-order valence-electron chi connectivity index (χ1n) is 8.96. The number of hydrogen-bond donors (Lipinski definition) is 2. The molecule has 2 rings (SSSR count). The summed E-state index contributed by atoms with van der Waals surface area (Å²) in [5.74, 6) is -0.741. The van der Waals surface area contributed by atoms with E-state index < -0.39 is 17.4 Å². The number of thioether (sulfide) groups is 1. The zero-order valence-electron chi connectivity index (χ0n) is 15.6. The van der Waals surface area contributed by atoms with Crippen LogP contribution in [0.5, 0.6) is 0 Å². The predicted molar refractivity (Wildman–Crippen MR) is 100 cm³/mol. The van der Waals surface area contributed by atoms with Gasteiger partial charge in [-0.05, 0) is 12.8 Å².